The van der Waals surface area contributed by atoms with Crippen LogP contribution in [-0.4, -0.2) is 0 Å². The topological polar surface area (TPSA) is 3.88 Å². The summed E-state index contributed by atoms with van der Waals surface area (Å²) in [6.07, 6.45) is 18.4. The predicted molar refractivity (Wildman–Crippen MR) is 88.0 cm³/mol. The minimum absolute atomic E-state index is 0.566. The zero-order valence-electron chi connectivity index (χ0n) is 13.9. The second-order valence-electron chi connectivity index (χ2n) is 6.33. The lowest BCUT2D eigenvalue weighted by atomic mass is 10.0. The minimum atomic E-state index is 0.566. The highest BCUT2D eigenvalue weighted by molar-refractivity contribution is 5.07. The molecule has 0 unspecified atom stereocenters. The van der Waals surface area contributed by atoms with Gasteiger partial charge in [-0.2, -0.15) is 0 Å². The van der Waals surface area contributed by atoms with E-state index >= 15 is 0 Å². The molecule has 0 atom stereocenters. The predicted octanol–water partition coefficient (Wildman–Crippen LogP) is 5.63. The number of unbranched alkanes of at least 4 members (excludes halogenated alkanes) is 8. The Hall–Kier alpha value is -0.850. The zero-order chi connectivity index (χ0) is 14.6. The molecule has 1 rings (SSSR count). The monoisotopic (exact) mass is 276 g/mol. The molecule has 1 aromatic rings. The van der Waals surface area contributed by atoms with Gasteiger partial charge in [0.2, 0.25) is 0 Å². The molecule has 114 valence electrons. The quantitative estimate of drug-likeness (QED) is 0.364. The van der Waals surface area contributed by atoms with Crippen molar-refractivity contribution in [3.63, 3.8) is 0 Å². The van der Waals surface area contributed by atoms with E-state index in [1.54, 1.807) is 0 Å². The van der Waals surface area contributed by atoms with E-state index in [4.69, 9.17) is 0 Å². The fourth-order valence-electron chi connectivity index (χ4n) is 2.62. The van der Waals surface area contributed by atoms with Gasteiger partial charge < -0.3 is 0 Å². The first kappa shape index (κ1) is 17.2. The molecule has 0 aliphatic rings. The van der Waals surface area contributed by atoms with E-state index < -0.39 is 0 Å². The minimum Gasteiger partial charge on any atom is -0.203 e. The lowest BCUT2D eigenvalue weighted by molar-refractivity contribution is -0.716. The average molecular weight is 276 g/mol. The molecule has 1 aromatic heterocycles. The highest BCUT2D eigenvalue weighted by Gasteiger charge is 2.04. The molecule has 0 radical (unpaired) electrons. The Morgan fingerprint density at radius 2 is 1.30 bits per heavy atom. The summed E-state index contributed by atoms with van der Waals surface area (Å²) in [4.78, 5) is 0. The molecule has 0 fully saturated rings. The van der Waals surface area contributed by atoms with Gasteiger partial charge in [-0.15, -0.1) is 0 Å². The number of aryl methyl sites for hydroxylation is 1. The fourth-order valence-corrected chi connectivity index (χ4v) is 2.62. The van der Waals surface area contributed by atoms with Crippen LogP contribution in [0.2, 0.25) is 0 Å². The van der Waals surface area contributed by atoms with Gasteiger partial charge in [0, 0.05) is 12.1 Å². The maximum Gasteiger partial charge on any atom is 0.169 e. The molecule has 1 nitrogen and oxygen atoms in total. The Morgan fingerprint density at radius 3 is 1.80 bits per heavy atom. The van der Waals surface area contributed by atoms with Crippen molar-refractivity contribution in [2.24, 2.45) is 0 Å². The Bertz CT molecular complexity index is 326. The van der Waals surface area contributed by atoms with Crippen LogP contribution in [0.5, 0.6) is 0 Å². The molecule has 0 saturated carbocycles. The molecular weight excluding hydrogens is 242 g/mol. The van der Waals surface area contributed by atoms with E-state index in [1.807, 2.05) is 0 Å². The van der Waals surface area contributed by atoms with Crippen molar-refractivity contribution in [1.82, 2.24) is 0 Å². The first-order valence-corrected chi connectivity index (χ1v) is 8.73. The van der Waals surface area contributed by atoms with Crippen molar-refractivity contribution in [1.29, 1.82) is 0 Å². The van der Waals surface area contributed by atoms with Gasteiger partial charge in [-0.05, 0) is 32.3 Å². The van der Waals surface area contributed by atoms with E-state index in [9.17, 15) is 0 Å². The van der Waals surface area contributed by atoms with Crippen LogP contribution in [-0.2, 0) is 6.42 Å². The van der Waals surface area contributed by atoms with Gasteiger partial charge in [0.25, 0.3) is 0 Å². The maximum absolute atomic E-state index is 2.28. The van der Waals surface area contributed by atoms with Gasteiger partial charge in [-0.3, -0.25) is 0 Å². The molecule has 0 aliphatic carbocycles. The average Bonchev–Trinajstić information content (AvgIpc) is 2.46. The second kappa shape index (κ2) is 10.9. The van der Waals surface area contributed by atoms with E-state index in [1.165, 1.54) is 69.8 Å². The maximum atomic E-state index is 2.28. The number of hydrogen-bond acceptors (Lipinski definition) is 0. The number of hydrogen-bond donors (Lipinski definition) is 0. The molecule has 0 saturated heterocycles. The Balaban J connectivity index is 2.01. The fraction of sp³-hybridized carbons (Fsp3) is 0.737. The first-order valence-electron chi connectivity index (χ1n) is 8.73. The van der Waals surface area contributed by atoms with Gasteiger partial charge in [-0.25, -0.2) is 4.57 Å². The number of nitrogens with zero attached hydrogens (tertiary/aromatic N) is 1. The highest BCUT2D eigenvalue weighted by atomic mass is 15.0. The summed E-state index contributed by atoms with van der Waals surface area (Å²) in [6, 6.07) is 5.13. The SMILES string of the molecule is CCCCCCCCCCCc1cc[n+](C(C)C)cc1. The molecule has 1 heterocycles. The Kier molecular flexibility index (Phi) is 9.36. The molecular formula is C19H34N+. The van der Waals surface area contributed by atoms with Crippen molar-refractivity contribution in [2.75, 3.05) is 0 Å². The normalized spacial score (nSPS) is 11.2. The van der Waals surface area contributed by atoms with Crippen molar-refractivity contribution >= 4 is 0 Å². The van der Waals surface area contributed by atoms with Gasteiger partial charge in [-0.1, -0.05) is 58.3 Å². The van der Waals surface area contributed by atoms with Crippen LogP contribution in [0.15, 0.2) is 24.5 Å². The van der Waals surface area contributed by atoms with Gasteiger partial charge in [0.05, 0.1) is 0 Å². The van der Waals surface area contributed by atoms with E-state index in [2.05, 4.69) is 49.9 Å². The van der Waals surface area contributed by atoms with Crippen molar-refractivity contribution in [3.8, 4) is 0 Å². The van der Waals surface area contributed by atoms with Gasteiger partial charge in [0.1, 0.15) is 0 Å². The molecule has 0 aliphatic heterocycles. The molecule has 0 spiro atoms. The van der Waals surface area contributed by atoms with Crippen LogP contribution in [0, 0.1) is 0 Å². The summed E-state index contributed by atoms with van der Waals surface area (Å²) in [5.41, 5.74) is 1.49. The smallest absolute Gasteiger partial charge is 0.169 e. The summed E-state index contributed by atoms with van der Waals surface area (Å²) in [7, 11) is 0. The molecule has 0 amide bonds. The lowest BCUT2D eigenvalue weighted by Gasteiger charge is -2.04. The van der Waals surface area contributed by atoms with Crippen molar-refractivity contribution in [2.45, 2.75) is 91.0 Å². The summed E-state index contributed by atoms with van der Waals surface area (Å²) >= 11 is 0. The van der Waals surface area contributed by atoms with Gasteiger partial charge in [0.15, 0.2) is 18.4 Å². The van der Waals surface area contributed by atoms with Gasteiger partial charge >= 0.3 is 0 Å². The Labute approximate surface area is 126 Å². The van der Waals surface area contributed by atoms with E-state index in [0.717, 1.165) is 0 Å². The van der Waals surface area contributed by atoms with Crippen LogP contribution in [0.3, 0.4) is 0 Å². The summed E-state index contributed by atoms with van der Waals surface area (Å²) in [6.45, 7) is 6.73. The lowest BCUT2D eigenvalue weighted by Crippen LogP contribution is -2.34. The number of aromatic nitrogens is 1. The van der Waals surface area contributed by atoms with E-state index in [0.29, 0.717) is 6.04 Å². The van der Waals surface area contributed by atoms with Crippen LogP contribution < -0.4 is 4.57 Å². The van der Waals surface area contributed by atoms with Crippen LogP contribution >= 0.6 is 0 Å². The molecule has 0 bridgehead atoms. The summed E-state index contributed by atoms with van der Waals surface area (Å²) < 4.78 is 2.26. The summed E-state index contributed by atoms with van der Waals surface area (Å²) in [5.74, 6) is 0. The molecule has 0 aromatic carbocycles. The third kappa shape index (κ3) is 7.67. The van der Waals surface area contributed by atoms with Crippen LogP contribution in [0.25, 0.3) is 0 Å². The highest BCUT2D eigenvalue weighted by Crippen LogP contribution is 2.11. The second-order valence-corrected chi connectivity index (χ2v) is 6.33. The van der Waals surface area contributed by atoms with Crippen molar-refractivity contribution in [3.05, 3.63) is 30.1 Å². The largest absolute Gasteiger partial charge is 0.203 e. The third-order valence-corrected chi connectivity index (χ3v) is 4.09. The zero-order valence-corrected chi connectivity index (χ0v) is 13.9. The first-order chi connectivity index (χ1) is 9.74. The summed E-state index contributed by atoms with van der Waals surface area (Å²) in [5, 5.41) is 0. The third-order valence-electron chi connectivity index (χ3n) is 4.09. The molecule has 0 N–H and O–H groups in total. The van der Waals surface area contributed by atoms with Crippen LogP contribution in [0.4, 0.5) is 0 Å². The molecule has 20 heavy (non-hydrogen) atoms. The van der Waals surface area contributed by atoms with E-state index in [-0.39, 0.29) is 0 Å². The van der Waals surface area contributed by atoms with Crippen LogP contribution in [0.1, 0.15) is 90.2 Å². The van der Waals surface area contributed by atoms with Crippen molar-refractivity contribution < 1.29 is 4.57 Å². The molecule has 1 heteroatoms. The standard InChI is InChI=1S/C19H34N/c1-4-5-6-7-8-9-10-11-12-13-19-14-16-20(17-15-19)18(2)3/h14-18H,4-13H2,1-3H3/q+1. The number of rotatable bonds is 11. The Morgan fingerprint density at radius 1 is 0.800 bits per heavy atom. The number of pyridine rings is 1.